The Kier molecular flexibility index (Phi) is 3.48. The van der Waals surface area contributed by atoms with Crippen molar-refractivity contribution in [1.29, 1.82) is 0 Å². The van der Waals surface area contributed by atoms with Crippen molar-refractivity contribution in [2.45, 2.75) is 13.5 Å². The third kappa shape index (κ3) is 2.89. The molecule has 1 rings (SSSR count). The van der Waals surface area contributed by atoms with Gasteiger partial charge in [-0.05, 0) is 29.5 Å². The summed E-state index contributed by atoms with van der Waals surface area (Å²) in [5.41, 5.74) is 0. The van der Waals surface area contributed by atoms with Crippen LogP contribution in [-0.2, 0) is 6.54 Å². The summed E-state index contributed by atoms with van der Waals surface area (Å²) in [5, 5.41) is 3.18. The van der Waals surface area contributed by atoms with Crippen LogP contribution in [0.25, 0.3) is 0 Å². The van der Waals surface area contributed by atoms with Crippen molar-refractivity contribution < 1.29 is 0 Å². The highest BCUT2D eigenvalue weighted by atomic mass is 79.9. The predicted octanol–water partition coefficient (Wildman–Crippen LogP) is 2.36. The maximum absolute atomic E-state index is 4.29. The average Bonchev–Trinajstić information content (AvgIpc) is 2.35. The van der Waals surface area contributed by atoms with Gasteiger partial charge in [-0.1, -0.05) is 6.92 Å². The van der Waals surface area contributed by atoms with Crippen molar-refractivity contribution in [3.05, 3.63) is 15.0 Å². The van der Waals surface area contributed by atoms with E-state index >= 15 is 0 Å². The molecule has 0 aliphatic carbocycles. The van der Waals surface area contributed by atoms with Crippen LogP contribution in [0.4, 0.5) is 0 Å². The van der Waals surface area contributed by atoms with Crippen molar-refractivity contribution in [3.63, 3.8) is 0 Å². The van der Waals surface area contributed by atoms with Crippen molar-refractivity contribution in [2.24, 2.45) is 0 Å². The van der Waals surface area contributed by atoms with Crippen LogP contribution in [0.15, 0.2) is 9.98 Å². The third-order valence-corrected chi connectivity index (χ3v) is 3.01. The molecule has 0 N–H and O–H groups in total. The predicted molar refractivity (Wildman–Crippen MR) is 51.8 cm³/mol. The molecule has 0 radical (unpaired) electrons. The van der Waals surface area contributed by atoms with E-state index in [0.717, 1.165) is 17.7 Å². The van der Waals surface area contributed by atoms with Gasteiger partial charge >= 0.3 is 0 Å². The molecule has 0 aliphatic heterocycles. The van der Waals surface area contributed by atoms with E-state index in [1.165, 1.54) is 5.01 Å². The number of nitrogens with zero attached hydrogens (tertiary/aromatic N) is 2. The first-order valence-corrected chi connectivity index (χ1v) is 5.18. The number of rotatable bonds is 3. The fraction of sp³-hybridized carbons (Fsp3) is 0.571. The van der Waals surface area contributed by atoms with Crippen LogP contribution in [0.1, 0.15) is 11.9 Å². The fourth-order valence-electron chi connectivity index (χ4n) is 0.704. The van der Waals surface area contributed by atoms with Gasteiger partial charge in [-0.25, -0.2) is 4.98 Å². The molecule has 0 atom stereocenters. The molecule has 2 nitrogen and oxygen atoms in total. The lowest BCUT2D eigenvalue weighted by atomic mass is 10.5. The summed E-state index contributed by atoms with van der Waals surface area (Å²) in [6.45, 7) is 4.16. The molecule has 0 spiro atoms. The number of aromatic nitrogens is 1. The smallest absolute Gasteiger partial charge is 0.117 e. The molecule has 0 saturated heterocycles. The quantitative estimate of drug-likeness (QED) is 0.799. The molecule has 0 aliphatic rings. The number of halogens is 1. The van der Waals surface area contributed by atoms with Crippen LogP contribution < -0.4 is 0 Å². The minimum absolute atomic E-state index is 0.946. The van der Waals surface area contributed by atoms with Gasteiger partial charge in [0.2, 0.25) is 0 Å². The lowest BCUT2D eigenvalue weighted by Gasteiger charge is -2.10. The molecule has 0 unspecified atom stereocenters. The van der Waals surface area contributed by atoms with Gasteiger partial charge in [0.25, 0.3) is 0 Å². The normalized spacial score (nSPS) is 10.9. The lowest BCUT2D eigenvalue weighted by molar-refractivity contribution is 0.345. The van der Waals surface area contributed by atoms with E-state index in [2.05, 4.69) is 39.8 Å². The Labute approximate surface area is 79.4 Å². The van der Waals surface area contributed by atoms with Crippen molar-refractivity contribution in [1.82, 2.24) is 9.88 Å². The highest BCUT2D eigenvalue weighted by molar-refractivity contribution is 9.10. The van der Waals surface area contributed by atoms with Crippen molar-refractivity contribution in [3.8, 4) is 0 Å². The van der Waals surface area contributed by atoms with Gasteiger partial charge in [-0.15, -0.1) is 11.3 Å². The van der Waals surface area contributed by atoms with E-state index in [-0.39, 0.29) is 0 Å². The molecule has 1 aromatic rings. The molecular formula is C7H11BrN2S. The SMILES string of the molecule is CCN(C)Cc1nc(Br)cs1. The maximum Gasteiger partial charge on any atom is 0.117 e. The molecule has 0 aromatic carbocycles. The van der Waals surface area contributed by atoms with Crippen LogP contribution in [-0.4, -0.2) is 23.5 Å². The zero-order chi connectivity index (χ0) is 8.27. The Hall–Kier alpha value is 0.0700. The van der Waals surface area contributed by atoms with Gasteiger partial charge in [0.1, 0.15) is 9.61 Å². The summed E-state index contributed by atoms with van der Waals surface area (Å²) in [5.74, 6) is 0. The number of hydrogen-bond acceptors (Lipinski definition) is 3. The number of thiazole rings is 1. The van der Waals surface area contributed by atoms with E-state index in [9.17, 15) is 0 Å². The molecule has 0 amide bonds. The molecule has 4 heteroatoms. The number of hydrogen-bond donors (Lipinski definition) is 0. The van der Waals surface area contributed by atoms with E-state index in [0.29, 0.717) is 0 Å². The topological polar surface area (TPSA) is 16.1 Å². The Morgan fingerprint density at radius 1 is 1.73 bits per heavy atom. The van der Waals surface area contributed by atoms with Crippen LogP contribution in [0.5, 0.6) is 0 Å². The summed E-state index contributed by atoms with van der Waals surface area (Å²) in [7, 11) is 2.09. The summed E-state index contributed by atoms with van der Waals surface area (Å²) in [6.07, 6.45) is 0. The molecule has 1 aromatic heterocycles. The summed E-state index contributed by atoms with van der Waals surface area (Å²) >= 11 is 5.02. The highest BCUT2D eigenvalue weighted by Crippen LogP contribution is 2.15. The minimum Gasteiger partial charge on any atom is -0.300 e. The zero-order valence-electron chi connectivity index (χ0n) is 6.67. The Morgan fingerprint density at radius 2 is 2.45 bits per heavy atom. The zero-order valence-corrected chi connectivity index (χ0v) is 9.07. The Bertz CT molecular complexity index is 224. The molecule has 1 heterocycles. The standard InChI is InChI=1S/C7H11BrN2S/c1-3-10(2)4-7-9-6(8)5-11-7/h5H,3-4H2,1-2H3. The molecule has 0 bridgehead atoms. The maximum atomic E-state index is 4.29. The second-order valence-electron chi connectivity index (χ2n) is 2.39. The first kappa shape index (κ1) is 9.16. The Morgan fingerprint density at radius 3 is 2.91 bits per heavy atom. The second-order valence-corrected chi connectivity index (χ2v) is 4.15. The monoisotopic (exact) mass is 234 g/mol. The molecule has 0 fully saturated rings. The van der Waals surface area contributed by atoms with Gasteiger partial charge in [0.15, 0.2) is 0 Å². The van der Waals surface area contributed by atoms with Gasteiger partial charge in [0.05, 0.1) is 6.54 Å². The third-order valence-electron chi connectivity index (χ3n) is 1.47. The van der Waals surface area contributed by atoms with Gasteiger partial charge in [-0.3, -0.25) is 4.90 Å². The van der Waals surface area contributed by atoms with E-state index in [1.807, 2.05) is 5.38 Å². The molecule has 11 heavy (non-hydrogen) atoms. The highest BCUT2D eigenvalue weighted by Gasteiger charge is 2.01. The van der Waals surface area contributed by atoms with Crippen LogP contribution in [0, 0.1) is 0 Å². The average molecular weight is 235 g/mol. The molecule has 0 saturated carbocycles. The largest absolute Gasteiger partial charge is 0.300 e. The van der Waals surface area contributed by atoms with Crippen molar-refractivity contribution in [2.75, 3.05) is 13.6 Å². The second kappa shape index (κ2) is 4.18. The van der Waals surface area contributed by atoms with E-state index in [1.54, 1.807) is 11.3 Å². The van der Waals surface area contributed by atoms with Crippen LogP contribution >= 0.6 is 27.3 Å². The van der Waals surface area contributed by atoms with Crippen molar-refractivity contribution >= 4 is 27.3 Å². The van der Waals surface area contributed by atoms with E-state index < -0.39 is 0 Å². The lowest BCUT2D eigenvalue weighted by Crippen LogP contribution is -2.16. The molecular weight excluding hydrogens is 224 g/mol. The first-order chi connectivity index (χ1) is 5.22. The summed E-state index contributed by atoms with van der Waals surface area (Å²) < 4.78 is 0.946. The van der Waals surface area contributed by atoms with Gasteiger partial charge < -0.3 is 0 Å². The first-order valence-electron chi connectivity index (χ1n) is 3.51. The summed E-state index contributed by atoms with van der Waals surface area (Å²) in [6, 6.07) is 0. The van der Waals surface area contributed by atoms with Crippen LogP contribution in [0.3, 0.4) is 0 Å². The molecule has 62 valence electrons. The van der Waals surface area contributed by atoms with Crippen LogP contribution in [0.2, 0.25) is 0 Å². The van der Waals surface area contributed by atoms with E-state index in [4.69, 9.17) is 0 Å². The Balaban J connectivity index is 2.50. The van der Waals surface area contributed by atoms with Gasteiger partial charge in [-0.2, -0.15) is 0 Å². The minimum atomic E-state index is 0.946. The van der Waals surface area contributed by atoms with Gasteiger partial charge in [0, 0.05) is 5.38 Å². The summed E-state index contributed by atoms with van der Waals surface area (Å²) in [4.78, 5) is 6.52. The fourth-order valence-corrected chi connectivity index (χ4v) is 2.05.